The van der Waals surface area contributed by atoms with Gasteiger partial charge < -0.3 is 15.2 Å². The Kier molecular flexibility index (Phi) is 4.44. The number of methoxy groups -OCH3 is 1. The first-order valence-electron chi connectivity index (χ1n) is 5.17. The van der Waals surface area contributed by atoms with Crippen molar-refractivity contribution in [3.05, 3.63) is 23.2 Å². The van der Waals surface area contributed by atoms with Crippen molar-refractivity contribution in [1.29, 1.82) is 0 Å². The van der Waals surface area contributed by atoms with Gasteiger partial charge in [0.25, 0.3) is 0 Å². The fourth-order valence-electron chi connectivity index (χ4n) is 1.11. The van der Waals surface area contributed by atoms with E-state index in [4.69, 9.17) is 26.8 Å². The lowest BCUT2D eigenvalue weighted by atomic mass is 10.1. The molecule has 2 N–H and O–H groups in total. The smallest absolute Gasteiger partial charge is 0.120 e. The van der Waals surface area contributed by atoms with E-state index in [0.717, 1.165) is 12.2 Å². The van der Waals surface area contributed by atoms with Crippen molar-refractivity contribution < 1.29 is 9.47 Å². The number of halogens is 1. The number of nitrogens with two attached hydrogens (primary N) is 1. The number of anilines is 1. The number of hydrogen-bond acceptors (Lipinski definition) is 3. The highest BCUT2D eigenvalue weighted by Gasteiger charge is 2.15. The molecule has 1 rings (SSSR count). The highest BCUT2D eigenvalue weighted by Crippen LogP contribution is 2.24. The van der Waals surface area contributed by atoms with Crippen LogP contribution in [0.15, 0.2) is 18.2 Å². The standard InChI is InChI=1S/C12H18ClNO2/c1-12(2,15-3)6-7-16-9-4-5-11(14)10(13)8-9/h4-5,8H,6-7,14H2,1-3H3. The van der Waals surface area contributed by atoms with E-state index >= 15 is 0 Å². The van der Waals surface area contributed by atoms with E-state index in [1.165, 1.54) is 0 Å². The Hall–Kier alpha value is -0.930. The highest BCUT2D eigenvalue weighted by molar-refractivity contribution is 6.33. The minimum absolute atomic E-state index is 0.169. The summed E-state index contributed by atoms with van der Waals surface area (Å²) in [6, 6.07) is 5.26. The van der Waals surface area contributed by atoms with Gasteiger partial charge in [-0.25, -0.2) is 0 Å². The quantitative estimate of drug-likeness (QED) is 0.809. The van der Waals surface area contributed by atoms with Gasteiger partial charge in [0.1, 0.15) is 5.75 Å². The number of hydrogen-bond donors (Lipinski definition) is 1. The zero-order valence-corrected chi connectivity index (χ0v) is 10.7. The predicted molar refractivity (Wildman–Crippen MR) is 67.1 cm³/mol. The molecule has 1 aromatic rings. The molecule has 4 heteroatoms. The third-order valence-corrected chi connectivity index (χ3v) is 2.82. The van der Waals surface area contributed by atoms with E-state index in [9.17, 15) is 0 Å². The van der Waals surface area contributed by atoms with E-state index in [1.807, 2.05) is 13.8 Å². The van der Waals surface area contributed by atoms with E-state index in [-0.39, 0.29) is 5.60 Å². The fourth-order valence-corrected chi connectivity index (χ4v) is 1.28. The number of benzene rings is 1. The molecule has 0 aliphatic rings. The first-order chi connectivity index (χ1) is 7.44. The van der Waals surface area contributed by atoms with Crippen molar-refractivity contribution in [2.75, 3.05) is 19.5 Å². The van der Waals surface area contributed by atoms with Crippen LogP contribution in [0.2, 0.25) is 5.02 Å². The van der Waals surface area contributed by atoms with Crippen molar-refractivity contribution in [1.82, 2.24) is 0 Å². The second-order valence-corrected chi connectivity index (χ2v) is 4.65. The van der Waals surface area contributed by atoms with Crippen LogP contribution < -0.4 is 10.5 Å². The summed E-state index contributed by atoms with van der Waals surface area (Å²) in [5, 5.41) is 0.517. The van der Waals surface area contributed by atoms with Crippen molar-refractivity contribution in [2.45, 2.75) is 25.9 Å². The zero-order chi connectivity index (χ0) is 12.2. The van der Waals surface area contributed by atoms with Crippen LogP contribution in [-0.2, 0) is 4.74 Å². The molecule has 0 unspecified atom stereocenters. The molecular formula is C12H18ClNO2. The summed E-state index contributed by atoms with van der Waals surface area (Å²) in [6.45, 7) is 4.62. The van der Waals surface area contributed by atoms with Gasteiger partial charge in [0.05, 0.1) is 22.9 Å². The van der Waals surface area contributed by atoms with Crippen molar-refractivity contribution >= 4 is 17.3 Å². The third kappa shape index (κ3) is 3.91. The lowest BCUT2D eigenvalue weighted by molar-refractivity contribution is 0.00546. The molecule has 0 spiro atoms. The zero-order valence-electron chi connectivity index (χ0n) is 9.92. The van der Waals surface area contributed by atoms with Crippen LogP contribution in [0.1, 0.15) is 20.3 Å². The molecule has 0 aromatic heterocycles. The van der Waals surface area contributed by atoms with Crippen LogP contribution in [-0.4, -0.2) is 19.3 Å². The second kappa shape index (κ2) is 5.41. The first kappa shape index (κ1) is 13.1. The molecule has 3 nitrogen and oxygen atoms in total. The minimum atomic E-state index is -0.169. The minimum Gasteiger partial charge on any atom is -0.493 e. The van der Waals surface area contributed by atoms with Crippen LogP contribution in [0.4, 0.5) is 5.69 Å². The van der Waals surface area contributed by atoms with E-state index in [0.29, 0.717) is 17.3 Å². The Morgan fingerprint density at radius 3 is 2.62 bits per heavy atom. The van der Waals surface area contributed by atoms with Gasteiger partial charge in [0.15, 0.2) is 0 Å². The molecule has 0 aliphatic carbocycles. The van der Waals surface area contributed by atoms with Gasteiger partial charge in [-0.1, -0.05) is 11.6 Å². The maximum absolute atomic E-state index is 5.88. The second-order valence-electron chi connectivity index (χ2n) is 4.25. The lowest BCUT2D eigenvalue weighted by Gasteiger charge is -2.22. The van der Waals surface area contributed by atoms with Crippen LogP contribution in [0.5, 0.6) is 5.75 Å². The van der Waals surface area contributed by atoms with Gasteiger partial charge in [-0.15, -0.1) is 0 Å². The molecule has 0 atom stereocenters. The largest absolute Gasteiger partial charge is 0.493 e. The number of ether oxygens (including phenoxy) is 2. The molecule has 0 fully saturated rings. The summed E-state index contributed by atoms with van der Waals surface area (Å²) in [5.74, 6) is 0.728. The maximum atomic E-state index is 5.88. The van der Waals surface area contributed by atoms with Crippen LogP contribution in [0, 0.1) is 0 Å². The van der Waals surface area contributed by atoms with E-state index < -0.39 is 0 Å². The monoisotopic (exact) mass is 243 g/mol. The Balaban J connectivity index is 2.46. The molecule has 0 amide bonds. The molecule has 0 heterocycles. The summed E-state index contributed by atoms with van der Waals surface area (Å²) in [6.07, 6.45) is 0.811. The summed E-state index contributed by atoms with van der Waals surface area (Å²) >= 11 is 5.88. The molecular weight excluding hydrogens is 226 g/mol. The summed E-state index contributed by atoms with van der Waals surface area (Å²) in [5.41, 5.74) is 5.99. The van der Waals surface area contributed by atoms with Gasteiger partial charge >= 0.3 is 0 Å². The molecule has 16 heavy (non-hydrogen) atoms. The Morgan fingerprint density at radius 2 is 2.06 bits per heavy atom. The average Bonchev–Trinajstić information content (AvgIpc) is 2.23. The Labute approximate surface area is 101 Å². The molecule has 1 aromatic carbocycles. The summed E-state index contributed by atoms with van der Waals surface area (Å²) < 4.78 is 10.9. The molecule has 0 radical (unpaired) electrons. The summed E-state index contributed by atoms with van der Waals surface area (Å²) in [7, 11) is 1.69. The normalized spacial score (nSPS) is 11.5. The molecule has 0 bridgehead atoms. The summed E-state index contributed by atoms with van der Waals surface area (Å²) in [4.78, 5) is 0. The fraction of sp³-hybridized carbons (Fsp3) is 0.500. The van der Waals surface area contributed by atoms with Gasteiger partial charge in [0, 0.05) is 19.6 Å². The highest BCUT2D eigenvalue weighted by atomic mass is 35.5. The van der Waals surface area contributed by atoms with Crippen LogP contribution >= 0.6 is 11.6 Å². The lowest BCUT2D eigenvalue weighted by Crippen LogP contribution is -2.25. The SMILES string of the molecule is COC(C)(C)CCOc1ccc(N)c(Cl)c1. The molecule has 90 valence electrons. The van der Waals surface area contributed by atoms with Gasteiger partial charge in [0.2, 0.25) is 0 Å². The van der Waals surface area contributed by atoms with Crippen molar-refractivity contribution in [3.8, 4) is 5.75 Å². The number of nitrogen functional groups attached to an aromatic ring is 1. The maximum Gasteiger partial charge on any atom is 0.120 e. The molecule has 0 aliphatic heterocycles. The van der Waals surface area contributed by atoms with Gasteiger partial charge in [-0.3, -0.25) is 0 Å². The van der Waals surface area contributed by atoms with Gasteiger partial charge in [-0.2, -0.15) is 0 Å². The van der Waals surface area contributed by atoms with Crippen molar-refractivity contribution in [3.63, 3.8) is 0 Å². The van der Waals surface area contributed by atoms with E-state index in [1.54, 1.807) is 25.3 Å². The molecule has 0 saturated carbocycles. The van der Waals surface area contributed by atoms with Gasteiger partial charge in [-0.05, 0) is 26.0 Å². The topological polar surface area (TPSA) is 44.5 Å². The Morgan fingerprint density at radius 1 is 1.38 bits per heavy atom. The third-order valence-electron chi connectivity index (χ3n) is 2.50. The average molecular weight is 244 g/mol. The first-order valence-corrected chi connectivity index (χ1v) is 5.55. The van der Waals surface area contributed by atoms with Crippen LogP contribution in [0.25, 0.3) is 0 Å². The van der Waals surface area contributed by atoms with Crippen LogP contribution in [0.3, 0.4) is 0 Å². The Bertz CT molecular complexity index is 353. The van der Waals surface area contributed by atoms with Crippen molar-refractivity contribution in [2.24, 2.45) is 0 Å². The number of rotatable bonds is 5. The molecule has 0 saturated heterocycles. The predicted octanol–water partition coefficient (Wildman–Crippen LogP) is 3.12. The van der Waals surface area contributed by atoms with E-state index in [2.05, 4.69) is 0 Å².